The van der Waals surface area contributed by atoms with Gasteiger partial charge in [0.2, 0.25) is 0 Å². The van der Waals surface area contributed by atoms with Crippen LogP contribution >= 0.6 is 11.3 Å². The van der Waals surface area contributed by atoms with Gasteiger partial charge in [0.05, 0.1) is 12.8 Å². The molecule has 2 aromatic heterocycles. The van der Waals surface area contributed by atoms with Gasteiger partial charge in [0.15, 0.2) is 4.96 Å². The minimum Gasteiger partial charge on any atom is -0.497 e. The zero-order valence-electron chi connectivity index (χ0n) is 13.4. The Bertz CT molecular complexity index is 837. The molecule has 6 heteroatoms. The van der Waals surface area contributed by atoms with E-state index in [0.717, 1.165) is 28.4 Å². The minimum atomic E-state index is -0.0693. The number of benzene rings is 1. The lowest BCUT2D eigenvalue weighted by molar-refractivity contribution is 0.0933. The smallest absolute Gasteiger partial charge is 0.269 e. The zero-order chi connectivity index (χ0) is 16.4. The fourth-order valence-electron chi connectivity index (χ4n) is 2.27. The molecule has 3 rings (SSSR count). The van der Waals surface area contributed by atoms with Crippen LogP contribution in [-0.2, 0) is 0 Å². The molecule has 1 atom stereocenters. The Morgan fingerprint density at radius 3 is 3.04 bits per heavy atom. The first-order valence-corrected chi connectivity index (χ1v) is 8.42. The molecule has 5 nitrogen and oxygen atoms in total. The van der Waals surface area contributed by atoms with Crippen molar-refractivity contribution in [2.75, 3.05) is 7.11 Å². The molecule has 1 aromatic carbocycles. The van der Waals surface area contributed by atoms with Gasteiger partial charge in [-0.1, -0.05) is 19.1 Å². The molecule has 1 unspecified atom stereocenters. The van der Waals surface area contributed by atoms with Gasteiger partial charge in [-0.3, -0.25) is 9.20 Å². The van der Waals surface area contributed by atoms with Crippen molar-refractivity contribution in [2.45, 2.75) is 26.3 Å². The normalized spacial score (nSPS) is 12.3. The van der Waals surface area contributed by atoms with Crippen LogP contribution in [0.2, 0.25) is 0 Å². The molecule has 0 aliphatic carbocycles. The first-order valence-electron chi connectivity index (χ1n) is 7.54. The number of carbonyl (C=O) groups excluding carboxylic acids is 1. The monoisotopic (exact) mass is 329 g/mol. The van der Waals surface area contributed by atoms with E-state index in [0.29, 0.717) is 5.69 Å². The maximum Gasteiger partial charge on any atom is 0.269 e. The van der Waals surface area contributed by atoms with Crippen molar-refractivity contribution >= 4 is 22.2 Å². The average Bonchev–Trinajstić information content (AvgIpc) is 3.15. The van der Waals surface area contributed by atoms with Gasteiger partial charge < -0.3 is 10.1 Å². The van der Waals surface area contributed by atoms with Crippen molar-refractivity contribution in [3.05, 3.63) is 41.5 Å². The quantitative estimate of drug-likeness (QED) is 0.778. The zero-order valence-corrected chi connectivity index (χ0v) is 14.2. The van der Waals surface area contributed by atoms with Crippen LogP contribution in [0.15, 0.2) is 35.8 Å². The van der Waals surface area contributed by atoms with E-state index in [1.165, 1.54) is 11.3 Å². The summed E-state index contributed by atoms with van der Waals surface area (Å²) in [5.74, 6) is 0.716. The third-order valence-electron chi connectivity index (χ3n) is 3.80. The standard InChI is InChI=1S/C17H19N3O2S/c1-4-11(2)18-16(21)15-10-23-17-19-14(9-20(15)17)12-6-5-7-13(8-12)22-3/h5-11H,4H2,1-3H3,(H,18,21). The van der Waals surface area contributed by atoms with E-state index in [9.17, 15) is 4.79 Å². The molecule has 120 valence electrons. The third-order valence-corrected chi connectivity index (χ3v) is 4.64. The highest BCUT2D eigenvalue weighted by Crippen LogP contribution is 2.26. The maximum absolute atomic E-state index is 12.4. The summed E-state index contributed by atoms with van der Waals surface area (Å²) in [4.78, 5) is 17.8. The number of amides is 1. The summed E-state index contributed by atoms with van der Waals surface area (Å²) in [5, 5.41) is 4.83. The maximum atomic E-state index is 12.4. The van der Waals surface area contributed by atoms with Crippen LogP contribution in [0.25, 0.3) is 16.2 Å². The highest BCUT2D eigenvalue weighted by Gasteiger charge is 2.16. The number of rotatable bonds is 5. The van der Waals surface area contributed by atoms with Gasteiger partial charge in [0.1, 0.15) is 11.4 Å². The van der Waals surface area contributed by atoms with Gasteiger partial charge in [-0.2, -0.15) is 0 Å². The van der Waals surface area contributed by atoms with Crippen LogP contribution in [0.5, 0.6) is 5.75 Å². The van der Waals surface area contributed by atoms with E-state index < -0.39 is 0 Å². The number of fused-ring (bicyclic) bond motifs is 1. The number of thiazole rings is 1. The lowest BCUT2D eigenvalue weighted by Crippen LogP contribution is -2.32. The van der Waals surface area contributed by atoms with Gasteiger partial charge in [-0.15, -0.1) is 11.3 Å². The second-order valence-electron chi connectivity index (χ2n) is 5.41. The van der Waals surface area contributed by atoms with E-state index in [1.807, 2.05) is 54.1 Å². The Labute approximate surface area is 138 Å². The molecular formula is C17H19N3O2S. The highest BCUT2D eigenvalue weighted by molar-refractivity contribution is 7.15. The molecule has 1 N–H and O–H groups in total. The third kappa shape index (κ3) is 3.07. The molecule has 23 heavy (non-hydrogen) atoms. The predicted octanol–water partition coefficient (Wildman–Crippen LogP) is 3.60. The Hall–Kier alpha value is -2.34. The number of hydrogen-bond acceptors (Lipinski definition) is 4. The second kappa shape index (κ2) is 6.42. The SMILES string of the molecule is CCC(C)NC(=O)c1csc2nc(-c3cccc(OC)c3)cn12. The van der Waals surface area contributed by atoms with Crippen molar-refractivity contribution in [1.29, 1.82) is 0 Å². The summed E-state index contributed by atoms with van der Waals surface area (Å²) in [6.07, 6.45) is 2.80. The van der Waals surface area contributed by atoms with E-state index in [-0.39, 0.29) is 11.9 Å². The van der Waals surface area contributed by atoms with Crippen molar-refractivity contribution < 1.29 is 9.53 Å². The summed E-state index contributed by atoms with van der Waals surface area (Å²) in [5.41, 5.74) is 2.41. The Morgan fingerprint density at radius 2 is 2.30 bits per heavy atom. The van der Waals surface area contributed by atoms with Gasteiger partial charge in [0, 0.05) is 23.2 Å². The second-order valence-corrected chi connectivity index (χ2v) is 6.25. The molecule has 0 saturated heterocycles. The summed E-state index contributed by atoms with van der Waals surface area (Å²) in [6, 6.07) is 7.89. The van der Waals surface area contributed by atoms with Gasteiger partial charge >= 0.3 is 0 Å². The van der Waals surface area contributed by atoms with E-state index in [2.05, 4.69) is 10.3 Å². The van der Waals surface area contributed by atoms with E-state index >= 15 is 0 Å². The largest absolute Gasteiger partial charge is 0.497 e. The number of nitrogens with zero attached hydrogens (tertiary/aromatic N) is 2. The molecule has 0 aliphatic heterocycles. The summed E-state index contributed by atoms with van der Waals surface area (Å²) < 4.78 is 7.10. The van der Waals surface area contributed by atoms with Crippen molar-refractivity contribution in [2.24, 2.45) is 0 Å². The Kier molecular flexibility index (Phi) is 4.34. The number of ether oxygens (including phenoxy) is 1. The highest BCUT2D eigenvalue weighted by atomic mass is 32.1. The number of imidazole rings is 1. The first kappa shape index (κ1) is 15.6. The fraction of sp³-hybridized carbons (Fsp3) is 0.294. The molecule has 0 saturated carbocycles. The molecule has 0 spiro atoms. The van der Waals surface area contributed by atoms with Crippen molar-refractivity contribution in [3.63, 3.8) is 0 Å². The van der Waals surface area contributed by atoms with E-state index in [1.54, 1.807) is 7.11 Å². The van der Waals surface area contributed by atoms with Gasteiger partial charge in [-0.25, -0.2) is 4.98 Å². The van der Waals surface area contributed by atoms with Crippen LogP contribution in [0.1, 0.15) is 30.8 Å². The molecular weight excluding hydrogens is 310 g/mol. The predicted molar refractivity (Wildman–Crippen MR) is 92.3 cm³/mol. The van der Waals surface area contributed by atoms with Crippen molar-refractivity contribution in [1.82, 2.24) is 14.7 Å². The molecule has 0 radical (unpaired) electrons. The molecule has 0 aliphatic rings. The number of aromatic nitrogens is 2. The van der Waals surface area contributed by atoms with Crippen LogP contribution in [0.3, 0.4) is 0 Å². The van der Waals surface area contributed by atoms with E-state index in [4.69, 9.17) is 4.74 Å². The molecule has 1 amide bonds. The molecule has 0 fully saturated rings. The van der Waals surface area contributed by atoms with Crippen LogP contribution < -0.4 is 10.1 Å². The van der Waals surface area contributed by atoms with Gasteiger partial charge in [0.25, 0.3) is 5.91 Å². The Morgan fingerprint density at radius 1 is 1.48 bits per heavy atom. The molecule has 2 heterocycles. The lowest BCUT2D eigenvalue weighted by atomic mass is 10.1. The topological polar surface area (TPSA) is 55.6 Å². The Balaban J connectivity index is 1.95. The van der Waals surface area contributed by atoms with Gasteiger partial charge in [-0.05, 0) is 25.5 Å². The summed E-state index contributed by atoms with van der Waals surface area (Å²) >= 11 is 1.46. The molecule has 3 aromatic rings. The number of hydrogen-bond donors (Lipinski definition) is 1. The minimum absolute atomic E-state index is 0.0693. The fourth-order valence-corrected chi connectivity index (χ4v) is 3.12. The number of methoxy groups -OCH3 is 1. The number of nitrogens with one attached hydrogen (secondary N) is 1. The summed E-state index contributed by atoms with van der Waals surface area (Å²) in [7, 11) is 1.64. The number of carbonyl (C=O) groups is 1. The lowest BCUT2D eigenvalue weighted by Gasteiger charge is -2.10. The first-order chi connectivity index (χ1) is 11.1. The molecule has 0 bridgehead atoms. The van der Waals surface area contributed by atoms with Crippen LogP contribution in [-0.4, -0.2) is 28.4 Å². The van der Waals surface area contributed by atoms with Crippen molar-refractivity contribution in [3.8, 4) is 17.0 Å². The summed E-state index contributed by atoms with van der Waals surface area (Å²) in [6.45, 7) is 4.04. The van der Waals surface area contributed by atoms with Crippen LogP contribution in [0, 0.1) is 0 Å². The van der Waals surface area contributed by atoms with Crippen LogP contribution in [0.4, 0.5) is 0 Å². The average molecular weight is 329 g/mol.